The van der Waals surface area contributed by atoms with Crippen molar-refractivity contribution in [3.05, 3.63) is 0 Å². The SMILES string of the molecule is CN[C@@H](CCCNC(=O)COCCOCCNC(=O)COCCOCCNC(=O)CC[C@H](NC(=O)CCCCCCCCCCCCCCCCC(=O)O)C(=O)O)C(=O)CO. The van der Waals surface area contributed by atoms with Gasteiger partial charge in [0.1, 0.15) is 25.9 Å². The molecule has 4 amide bonds. The fraction of sp³-hybridized carbons (Fsp3) is 0.833. The molecule has 0 aromatic carbocycles. The number of carboxylic acid groups (broad SMARTS) is 2. The lowest BCUT2D eigenvalue weighted by atomic mass is 10.0. The summed E-state index contributed by atoms with van der Waals surface area (Å²) in [6.07, 6.45) is 16.5. The third-order valence-electron chi connectivity index (χ3n) is 9.57. The van der Waals surface area contributed by atoms with Gasteiger partial charge >= 0.3 is 11.9 Å². The first kappa shape index (κ1) is 57.2. The second-order valence-corrected chi connectivity index (χ2v) is 14.8. The van der Waals surface area contributed by atoms with Crippen molar-refractivity contribution >= 4 is 41.4 Å². The van der Waals surface area contributed by atoms with E-state index in [0.717, 1.165) is 44.9 Å². The van der Waals surface area contributed by atoms with Crippen molar-refractivity contribution in [2.24, 2.45) is 0 Å². The van der Waals surface area contributed by atoms with Crippen LogP contribution in [-0.2, 0) is 52.5 Å². The molecule has 8 N–H and O–H groups in total. The molecule has 0 aliphatic rings. The highest BCUT2D eigenvalue weighted by Crippen LogP contribution is 2.14. The second kappa shape index (κ2) is 41.6. The van der Waals surface area contributed by atoms with Crippen LogP contribution in [0.3, 0.4) is 0 Å². The van der Waals surface area contributed by atoms with Gasteiger partial charge in [-0.25, -0.2) is 4.79 Å². The minimum absolute atomic E-state index is 0.0311. The van der Waals surface area contributed by atoms with E-state index in [4.69, 9.17) is 29.2 Å². The molecule has 354 valence electrons. The molecule has 0 radical (unpaired) electrons. The molecule has 0 rings (SSSR count). The van der Waals surface area contributed by atoms with Gasteiger partial charge in [0.05, 0.1) is 45.7 Å². The Bertz CT molecular complexity index is 1200. The molecule has 2 atom stereocenters. The Labute approximate surface area is 361 Å². The number of aliphatic hydroxyl groups excluding tert-OH is 1. The Hall–Kier alpha value is -3.75. The van der Waals surface area contributed by atoms with E-state index < -0.39 is 30.6 Å². The Kier molecular flexibility index (Phi) is 39.0. The molecule has 0 heterocycles. The predicted molar refractivity (Wildman–Crippen MR) is 227 cm³/mol. The van der Waals surface area contributed by atoms with Gasteiger partial charge in [-0.2, -0.15) is 0 Å². The topological polar surface area (TPSA) is 277 Å². The standard InChI is InChI=1S/C42H77N5O14/c1-43-34(36(49)31-48)17-16-22-44-39(52)32-60-29-28-59-26-24-46-40(53)33-61-30-27-58-25-23-45-37(50)21-20-35(42(56)57)47-38(51)18-14-12-10-8-6-4-2-3-5-7-9-11-13-15-19-41(54)55/h34-35,43,48H,2-33H2,1H3,(H,44,52)(H,45,50)(H,46,53)(H,47,51)(H,54,55)(H,56,57)/t34-,35-/m0/s1. The number of ether oxygens (including phenoxy) is 4. The average molecular weight is 876 g/mol. The number of ketones is 1. The molecule has 0 aromatic rings. The van der Waals surface area contributed by atoms with Crippen LogP contribution in [0.5, 0.6) is 0 Å². The van der Waals surface area contributed by atoms with Crippen LogP contribution in [0, 0.1) is 0 Å². The maximum absolute atomic E-state index is 12.3. The summed E-state index contributed by atoms with van der Waals surface area (Å²) in [5, 5.41) is 40.4. The van der Waals surface area contributed by atoms with Crippen LogP contribution in [0.25, 0.3) is 0 Å². The maximum atomic E-state index is 12.3. The van der Waals surface area contributed by atoms with E-state index in [9.17, 15) is 38.7 Å². The van der Waals surface area contributed by atoms with Gasteiger partial charge in [0.15, 0.2) is 5.78 Å². The van der Waals surface area contributed by atoms with Crippen molar-refractivity contribution < 1.29 is 67.8 Å². The molecule has 0 saturated carbocycles. The highest BCUT2D eigenvalue weighted by Gasteiger charge is 2.21. The number of likely N-dealkylation sites (N-methyl/N-ethyl adjacent to an activating group) is 1. The summed E-state index contributed by atoms with van der Waals surface area (Å²) in [5.41, 5.74) is 0. The van der Waals surface area contributed by atoms with Crippen LogP contribution in [0.1, 0.15) is 128 Å². The molecular weight excluding hydrogens is 798 g/mol. The van der Waals surface area contributed by atoms with Crippen molar-refractivity contribution in [2.45, 2.75) is 141 Å². The van der Waals surface area contributed by atoms with Crippen molar-refractivity contribution in [1.82, 2.24) is 26.6 Å². The average Bonchev–Trinajstić information content (AvgIpc) is 3.23. The monoisotopic (exact) mass is 876 g/mol. The number of hydrogen-bond donors (Lipinski definition) is 8. The summed E-state index contributed by atoms with van der Waals surface area (Å²) >= 11 is 0. The van der Waals surface area contributed by atoms with E-state index in [1.54, 1.807) is 7.05 Å². The van der Waals surface area contributed by atoms with E-state index in [0.29, 0.717) is 25.8 Å². The first-order valence-corrected chi connectivity index (χ1v) is 22.2. The second-order valence-electron chi connectivity index (χ2n) is 14.8. The molecule has 19 heteroatoms. The number of hydrogen-bond acceptors (Lipinski definition) is 13. The number of carbonyl (C=O) groups is 7. The highest BCUT2D eigenvalue weighted by molar-refractivity contribution is 5.85. The number of aliphatic carboxylic acids is 2. The van der Waals surface area contributed by atoms with E-state index in [1.807, 2.05) is 0 Å². The summed E-state index contributed by atoms with van der Waals surface area (Å²) in [6.45, 7) is 1.23. The van der Waals surface area contributed by atoms with E-state index >= 15 is 0 Å². The fourth-order valence-corrected chi connectivity index (χ4v) is 6.08. The van der Waals surface area contributed by atoms with Gasteiger partial charge in [0, 0.05) is 38.9 Å². The first-order valence-electron chi connectivity index (χ1n) is 22.2. The zero-order valence-electron chi connectivity index (χ0n) is 36.6. The van der Waals surface area contributed by atoms with Crippen LogP contribution in [0.2, 0.25) is 0 Å². The molecule has 0 saturated heterocycles. The van der Waals surface area contributed by atoms with Gasteiger partial charge in [-0.3, -0.25) is 28.8 Å². The third kappa shape index (κ3) is 38.9. The predicted octanol–water partition coefficient (Wildman–Crippen LogP) is 2.01. The van der Waals surface area contributed by atoms with Gasteiger partial charge < -0.3 is 60.9 Å². The molecule has 0 aliphatic carbocycles. The van der Waals surface area contributed by atoms with Gasteiger partial charge in [-0.05, 0) is 39.2 Å². The Morgan fingerprint density at radius 3 is 1.36 bits per heavy atom. The molecule has 0 aliphatic heterocycles. The summed E-state index contributed by atoms with van der Waals surface area (Å²) < 4.78 is 21.3. The Balaban J connectivity index is 3.67. The van der Waals surface area contributed by atoms with Gasteiger partial charge in [0.25, 0.3) is 0 Å². The normalized spacial score (nSPS) is 12.0. The lowest BCUT2D eigenvalue weighted by molar-refractivity contribution is -0.142. The Morgan fingerprint density at radius 2 is 0.902 bits per heavy atom. The van der Waals surface area contributed by atoms with Crippen LogP contribution >= 0.6 is 0 Å². The minimum Gasteiger partial charge on any atom is -0.481 e. The molecule has 19 nitrogen and oxygen atoms in total. The Morgan fingerprint density at radius 1 is 0.459 bits per heavy atom. The van der Waals surface area contributed by atoms with Crippen LogP contribution in [0.4, 0.5) is 0 Å². The zero-order chi connectivity index (χ0) is 45.2. The van der Waals surface area contributed by atoms with Crippen molar-refractivity contribution in [1.29, 1.82) is 0 Å². The first-order chi connectivity index (χ1) is 29.5. The van der Waals surface area contributed by atoms with Crippen molar-refractivity contribution in [2.75, 3.05) is 86.1 Å². The number of carboxylic acids is 2. The number of carbonyl (C=O) groups excluding carboxylic acids is 5. The molecule has 61 heavy (non-hydrogen) atoms. The van der Waals surface area contributed by atoms with Gasteiger partial charge in [-0.1, -0.05) is 77.0 Å². The zero-order valence-corrected chi connectivity index (χ0v) is 36.6. The molecule has 0 aromatic heterocycles. The largest absolute Gasteiger partial charge is 0.481 e. The number of Topliss-reactive ketones (excluding diaryl/α,β-unsaturated/α-hetero) is 1. The van der Waals surface area contributed by atoms with E-state index in [-0.39, 0.29) is 121 Å². The number of unbranched alkanes of at least 4 members (excludes halogenated alkanes) is 13. The maximum Gasteiger partial charge on any atom is 0.326 e. The number of rotatable bonds is 45. The lowest BCUT2D eigenvalue weighted by Gasteiger charge is -2.14. The van der Waals surface area contributed by atoms with Crippen molar-refractivity contribution in [3.63, 3.8) is 0 Å². The van der Waals surface area contributed by atoms with Crippen LogP contribution in [0.15, 0.2) is 0 Å². The number of amides is 4. The molecule has 0 spiro atoms. The highest BCUT2D eigenvalue weighted by atomic mass is 16.5. The fourth-order valence-electron chi connectivity index (χ4n) is 6.08. The number of nitrogens with one attached hydrogen (secondary N) is 5. The lowest BCUT2D eigenvalue weighted by Crippen LogP contribution is -2.41. The number of aliphatic hydroxyl groups is 1. The summed E-state index contributed by atoms with van der Waals surface area (Å²) in [6, 6.07) is -1.59. The van der Waals surface area contributed by atoms with E-state index in [2.05, 4.69) is 26.6 Å². The molecule has 0 unspecified atom stereocenters. The van der Waals surface area contributed by atoms with Crippen LogP contribution < -0.4 is 26.6 Å². The minimum atomic E-state index is -1.19. The quantitative estimate of drug-likeness (QED) is 0.0407. The van der Waals surface area contributed by atoms with Gasteiger partial charge in [-0.15, -0.1) is 0 Å². The smallest absolute Gasteiger partial charge is 0.326 e. The van der Waals surface area contributed by atoms with E-state index in [1.165, 1.54) is 38.5 Å². The summed E-state index contributed by atoms with van der Waals surface area (Å²) in [7, 11) is 1.64. The molecule has 0 fully saturated rings. The molecule has 0 bridgehead atoms. The van der Waals surface area contributed by atoms with Crippen LogP contribution in [-0.4, -0.2) is 155 Å². The summed E-state index contributed by atoms with van der Waals surface area (Å²) in [4.78, 5) is 81.9. The summed E-state index contributed by atoms with van der Waals surface area (Å²) in [5.74, 6) is -3.51. The third-order valence-corrected chi connectivity index (χ3v) is 9.57. The molecular formula is C42H77N5O14. The van der Waals surface area contributed by atoms with Gasteiger partial charge in [0.2, 0.25) is 23.6 Å². The van der Waals surface area contributed by atoms with Crippen molar-refractivity contribution in [3.8, 4) is 0 Å².